The highest BCUT2D eigenvalue weighted by Gasteiger charge is 2.31. The number of aromatic amines is 1. The Bertz CT molecular complexity index is 1090. The molecule has 2 N–H and O–H groups in total. The number of rotatable bonds is 6. The predicted molar refractivity (Wildman–Crippen MR) is 120 cm³/mol. The van der Waals surface area contributed by atoms with E-state index >= 15 is 0 Å². The summed E-state index contributed by atoms with van der Waals surface area (Å²) in [5.41, 5.74) is 2.33. The second kappa shape index (κ2) is 9.26. The van der Waals surface area contributed by atoms with E-state index < -0.39 is 21.0 Å². The van der Waals surface area contributed by atoms with Gasteiger partial charge in [-0.15, -0.1) is 0 Å². The highest BCUT2D eigenvalue weighted by molar-refractivity contribution is 7.92. The van der Waals surface area contributed by atoms with Crippen LogP contribution in [0.5, 0.6) is 5.75 Å². The number of sulfone groups is 1. The number of ether oxygens (including phenoxy) is 1. The van der Waals surface area contributed by atoms with Crippen LogP contribution in [0.15, 0.2) is 23.1 Å². The maximum Gasteiger partial charge on any atom is 0.272 e. The van der Waals surface area contributed by atoms with Crippen molar-refractivity contribution in [2.24, 2.45) is 0 Å². The van der Waals surface area contributed by atoms with Gasteiger partial charge in [0, 0.05) is 16.9 Å². The molecule has 1 aliphatic carbocycles. The fourth-order valence-corrected chi connectivity index (χ4v) is 6.44. The number of benzene rings is 1. The van der Waals surface area contributed by atoms with Gasteiger partial charge in [0.2, 0.25) is 0 Å². The Labute approximate surface area is 183 Å². The Morgan fingerprint density at radius 1 is 1.10 bits per heavy atom. The molecule has 8 heteroatoms. The Balaban J connectivity index is 1.93. The lowest BCUT2D eigenvalue weighted by Crippen LogP contribution is -2.22. The number of methoxy groups -OCH3 is 1. The third kappa shape index (κ3) is 4.69. The molecule has 1 fully saturated rings. The minimum Gasteiger partial charge on any atom is -0.495 e. The van der Waals surface area contributed by atoms with Crippen LogP contribution in [0.1, 0.15) is 77.6 Å². The molecule has 0 bridgehead atoms. The second-order valence-corrected chi connectivity index (χ2v) is 10.4. The van der Waals surface area contributed by atoms with Crippen molar-refractivity contribution in [3.8, 4) is 5.75 Å². The molecule has 0 radical (unpaired) electrons. The maximum absolute atomic E-state index is 13.4. The van der Waals surface area contributed by atoms with Gasteiger partial charge in [-0.25, -0.2) is 8.42 Å². The van der Waals surface area contributed by atoms with Crippen LogP contribution in [0.2, 0.25) is 0 Å². The van der Waals surface area contributed by atoms with Gasteiger partial charge >= 0.3 is 0 Å². The lowest BCUT2D eigenvalue weighted by molar-refractivity contribution is 0.101. The average molecular weight is 447 g/mol. The molecule has 168 valence electrons. The SMILES string of the molecule is COc1ccc(NC(=O)c2[nH]c(C)c(C(C)=O)c2C)cc1S(=O)(=O)C1CCCCCC1. The van der Waals surface area contributed by atoms with Gasteiger partial charge < -0.3 is 15.0 Å². The van der Waals surface area contributed by atoms with Crippen LogP contribution in [-0.4, -0.2) is 37.5 Å². The number of nitrogens with one attached hydrogen (secondary N) is 2. The third-order valence-electron chi connectivity index (χ3n) is 5.99. The molecule has 2 aromatic rings. The smallest absolute Gasteiger partial charge is 0.272 e. The zero-order valence-corrected chi connectivity index (χ0v) is 19.3. The third-order valence-corrected chi connectivity index (χ3v) is 8.27. The molecule has 1 aromatic heterocycles. The first kappa shape index (κ1) is 23.1. The van der Waals surface area contributed by atoms with Crippen molar-refractivity contribution < 1.29 is 22.7 Å². The Hall–Kier alpha value is -2.61. The number of hydrogen-bond donors (Lipinski definition) is 2. The maximum atomic E-state index is 13.4. The summed E-state index contributed by atoms with van der Waals surface area (Å²) >= 11 is 0. The topological polar surface area (TPSA) is 105 Å². The molecule has 1 aliphatic rings. The molecule has 0 spiro atoms. The fourth-order valence-electron chi connectivity index (χ4n) is 4.41. The number of aromatic nitrogens is 1. The molecular formula is C23H30N2O5S. The second-order valence-electron chi connectivity index (χ2n) is 8.16. The van der Waals surface area contributed by atoms with Gasteiger partial charge in [0.15, 0.2) is 15.6 Å². The van der Waals surface area contributed by atoms with Crippen LogP contribution in [0.25, 0.3) is 0 Å². The molecule has 1 aromatic carbocycles. The number of hydrogen-bond acceptors (Lipinski definition) is 5. The van der Waals surface area contributed by atoms with Gasteiger partial charge in [0.1, 0.15) is 16.3 Å². The summed E-state index contributed by atoms with van der Waals surface area (Å²) in [6.07, 6.45) is 5.17. The van der Waals surface area contributed by atoms with E-state index in [-0.39, 0.29) is 22.1 Å². The Kier molecular flexibility index (Phi) is 6.89. The number of carbonyl (C=O) groups is 2. The summed E-state index contributed by atoms with van der Waals surface area (Å²) in [5, 5.41) is 2.31. The van der Waals surface area contributed by atoms with Crippen LogP contribution in [-0.2, 0) is 9.84 Å². The molecule has 0 unspecified atom stereocenters. The lowest BCUT2D eigenvalue weighted by Gasteiger charge is -2.18. The van der Waals surface area contributed by atoms with Crippen molar-refractivity contribution in [2.45, 2.75) is 69.4 Å². The largest absolute Gasteiger partial charge is 0.495 e. The molecule has 0 saturated heterocycles. The van der Waals surface area contributed by atoms with Crippen molar-refractivity contribution >= 4 is 27.2 Å². The van der Waals surface area contributed by atoms with E-state index in [2.05, 4.69) is 10.3 Å². The molecule has 1 saturated carbocycles. The van der Waals surface area contributed by atoms with Gasteiger partial charge in [-0.05, 0) is 57.4 Å². The summed E-state index contributed by atoms with van der Waals surface area (Å²) in [4.78, 5) is 27.8. The summed E-state index contributed by atoms with van der Waals surface area (Å²) in [6.45, 7) is 4.91. The van der Waals surface area contributed by atoms with E-state index in [4.69, 9.17) is 4.74 Å². The fraction of sp³-hybridized carbons (Fsp3) is 0.478. The molecule has 1 amide bonds. The number of ketones is 1. The van der Waals surface area contributed by atoms with Crippen molar-refractivity contribution in [3.63, 3.8) is 0 Å². The first-order valence-electron chi connectivity index (χ1n) is 10.6. The van der Waals surface area contributed by atoms with Gasteiger partial charge in [-0.1, -0.05) is 25.7 Å². The van der Waals surface area contributed by atoms with E-state index in [0.29, 0.717) is 35.3 Å². The first-order chi connectivity index (χ1) is 14.7. The molecule has 7 nitrogen and oxygen atoms in total. The molecule has 0 atom stereocenters. The highest BCUT2D eigenvalue weighted by atomic mass is 32.2. The van der Waals surface area contributed by atoms with Crippen molar-refractivity contribution in [2.75, 3.05) is 12.4 Å². The summed E-state index contributed by atoms with van der Waals surface area (Å²) < 4.78 is 32.1. The minimum atomic E-state index is -3.60. The minimum absolute atomic E-state index is 0.100. The van der Waals surface area contributed by atoms with E-state index in [1.807, 2.05) is 0 Å². The van der Waals surface area contributed by atoms with Crippen LogP contribution in [0, 0.1) is 13.8 Å². The lowest BCUT2D eigenvalue weighted by atomic mass is 10.1. The Morgan fingerprint density at radius 2 is 1.74 bits per heavy atom. The quantitative estimate of drug-likeness (QED) is 0.499. The normalized spacial score (nSPS) is 15.4. The molecule has 31 heavy (non-hydrogen) atoms. The standard InChI is InChI=1S/C23H30N2O5S/c1-14-21(16(3)26)15(2)24-22(14)23(27)25-17-11-12-19(30-4)20(13-17)31(28,29)18-9-7-5-6-8-10-18/h11-13,18,24H,5-10H2,1-4H3,(H,25,27). The van der Waals surface area contributed by atoms with Crippen LogP contribution < -0.4 is 10.1 Å². The van der Waals surface area contributed by atoms with Gasteiger partial charge in [-0.3, -0.25) is 9.59 Å². The molecular weight excluding hydrogens is 416 g/mol. The average Bonchev–Trinajstić information content (AvgIpc) is 2.89. The van der Waals surface area contributed by atoms with Gasteiger partial charge in [0.05, 0.1) is 12.4 Å². The van der Waals surface area contributed by atoms with Crippen molar-refractivity contribution in [1.82, 2.24) is 4.98 Å². The van der Waals surface area contributed by atoms with E-state index in [1.54, 1.807) is 26.0 Å². The number of carbonyl (C=O) groups excluding carboxylic acids is 2. The monoisotopic (exact) mass is 446 g/mol. The van der Waals surface area contributed by atoms with Crippen LogP contribution in [0.4, 0.5) is 5.69 Å². The number of anilines is 1. The molecule has 1 heterocycles. The summed E-state index contributed by atoms with van der Waals surface area (Å²) in [6, 6.07) is 4.64. The molecule has 3 rings (SSSR count). The van der Waals surface area contributed by atoms with E-state index in [9.17, 15) is 18.0 Å². The predicted octanol–water partition coefficient (Wildman–Crippen LogP) is 4.59. The number of Topliss-reactive ketones (excluding diaryl/α,β-unsaturated/α-hetero) is 1. The zero-order valence-electron chi connectivity index (χ0n) is 18.5. The van der Waals surface area contributed by atoms with Crippen LogP contribution in [0.3, 0.4) is 0 Å². The highest BCUT2D eigenvalue weighted by Crippen LogP contribution is 2.34. The van der Waals surface area contributed by atoms with Crippen molar-refractivity contribution in [1.29, 1.82) is 0 Å². The first-order valence-corrected chi connectivity index (χ1v) is 12.1. The Morgan fingerprint density at radius 3 is 2.29 bits per heavy atom. The number of aryl methyl sites for hydroxylation is 1. The molecule has 0 aliphatic heterocycles. The van der Waals surface area contributed by atoms with Crippen LogP contribution >= 0.6 is 0 Å². The summed E-state index contributed by atoms with van der Waals surface area (Å²) in [5.74, 6) is -0.282. The zero-order chi connectivity index (χ0) is 22.8. The van der Waals surface area contributed by atoms with E-state index in [0.717, 1.165) is 25.7 Å². The number of amides is 1. The van der Waals surface area contributed by atoms with E-state index in [1.165, 1.54) is 20.1 Å². The number of H-pyrrole nitrogens is 1. The van der Waals surface area contributed by atoms with Crippen molar-refractivity contribution in [3.05, 3.63) is 40.7 Å². The van der Waals surface area contributed by atoms with Gasteiger partial charge in [-0.2, -0.15) is 0 Å². The van der Waals surface area contributed by atoms with Gasteiger partial charge in [0.25, 0.3) is 5.91 Å². The summed E-state index contributed by atoms with van der Waals surface area (Å²) in [7, 11) is -2.16.